The first-order valence-electron chi connectivity index (χ1n) is 8.64. The van der Waals surface area contributed by atoms with Gasteiger partial charge in [0, 0.05) is 42.4 Å². The molecule has 0 radical (unpaired) electrons. The van der Waals surface area contributed by atoms with Crippen LogP contribution in [0.25, 0.3) is 0 Å². The molecule has 1 amide bonds. The monoisotopic (exact) mass is 371 g/mol. The number of carbonyl (C=O) groups excluding carboxylic acids is 1. The number of aryl methyl sites for hydroxylation is 3. The average Bonchev–Trinajstić information content (AvgIpc) is 3.23. The van der Waals surface area contributed by atoms with Crippen LogP contribution < -0.4 is 5.32 Å². The molecule has 0 aliphatic heterocycles. The van der Waals surface area contributed by atoms with Gasteiger partial charge in [0.1, 0.15) is 11.6 Å². The molecule has 3 rings (SSSR count). The average molecular weight is 372 g/mol. The predicted octanol–water partition coefficient (Wildman–Crippen LogP) is 3.68. The lowest BCUT2D eigenvalue weighted by atomic mass is 10.2. The number of imidazole rings is 1. The minimum absolute atomic E-state index is 0.0511. The molecule has 3 aromatic rings. The van der Waals surface area contributed by atoms with Gasteiger partial charge in [0.25, 0.3) is 0 Å². The summed E-state index contributed by atoms with van der Waals surface area (Å²) in [5.74, 6) is 1.64. The number of rotatable bonds is 7. The Kier molecular flexibility index (Phi) is 5.73. The molecule has 6 nitrogen and oxygen atoms in total. The van der Waals surface area contributed by atoms with E-state index in [0.717, 1.165) is 23.4 Å². The number of nitrogens with one attached hydrogen (secondary N) is 1. The van der Waals surface area contributed by atoms with Crippen molar-refractivity contribution in [2.45, 2.75) is 39.8 Å². The Morgan fingerprint density at radius 3 is 2.88 bits per heavy atom. The fourth-order valence-electron chi connectivity index (χ4n) is 2.82. The SMILES string of the molecule is CCc1nccn1CCC(=O)Nc1c(C)cnn1Cc1ccccc1Cl. The van der Waals surface area contributed by atoms with Crippen LogP contribution in [0.15, 0.2) is 42.9 Å². The molecule has 0 aliphatic carbocycles. The Hall–Kier alpha value is -2.60. The van der Waals surface area contributed by atoms with E-state index in [1.807, 2.05) is 42.0 Å². The Labute approximate surface area is 157 Å². The molecule has 26 heavy (non-hydrogen) atoms. The van der Waals surface area contributed by atoms with Crippen LogP contribution in [-0.2, 0) is 24.3 Å². The third-order valence-electron chi connectivity index (χ3n) is 4.26. The van der Waals surface area contributed by atoms with Crippen molar-refractivity contribution in [3.8, 4) is 0 Å². The highest BCUT2D eigenvalue weighted by atomic mass is 35.5. The number of hydrogen-bond acceptors (Lipinski definition) is 3. The summed E-state index contributed by atoms with van der Waals surface area (Å²) in [6, 6.07) is 7.63. The van der Waals surface area contributed by atoms with Gasteiger partial charge < -0.3 is 9.88 Å². The van der Waals surface area contributed by atoms with Crippen molar-refractivity contribution < 1.29 is 4.79 Å². The molecule has 0 fully saturated rings. The summed E-state index contributed by atoms with van der Waals surface area (Å²) in [6.07, 6.45) is 6.63. The Morgan fingerprint density at radius 2 is 2.12 bits per heavy atom. The minimum atomic E-state index is -0.0511. The molecule has 0 atom stereocenters. The lowest BCUT2D eigenvalue weighted by molar-refractivity contribution is -0.116. The topological polar surface area (TPSA) is 64.7 Å². The molecule has 0 aliphatic rings. The number of hydrogen-bond donors (Lipinski definition) is 1. The highest BCUT2D eigenvalue weighted by Crippen LogP contribution is 2.20. The van der Waals surface area contributed by atoms with E-state index in [9.17, 15) is 4.79 Å². The van der Waals surface area contributed by atoms with E-state index in [-0.39, 0.29) is 5.91 Å². The van der Waals surface area contributed by atoms with Crippen molar-refractivity contribution in [3.63, 3.8) is 0 Å². The number of nitrogens with zero attached hydrogens (tertiary/aromatic N) is 4. The molecule has 0 unspecified atom stereocenters. The number of anilines is 1. The van der Waals surface area contributed by atoms with Gasteiger partial charge in [0.05, 0.1) is 12.7 Å². The van der Waals surface area contributed by atoms with Crippen molar-refractivity contribution in [3.05, 3.63) is 64.8 Å². The zero-order valence-corrected chi connectivity index (χ0v) is 15.7. The summed E-state index contributed by atoms with van der Waals surface area (Å²) in [5.41, 5.74) is 1.88. The zero-order chi connectivity index (χ0) is 18.5. The third kappa shape index (κ3) is 4.14. The number of aromatic nitrogens is 4. The molecule has 0 spiro atoms. The molecule has 2 heterocycles. The maximum absolute atomic E-state index is 12.4. The molecular formula is C19H22ClN5O. The van der Waals surface area contributed by atoms with Gasteiger partial charge in [-0.1, -0.05) is 36.7 Å². The molecule has 136 valence electrons. The second-order valence-corrected chi connectivity index (χ2v) is 6.52. The Bertz CT molecular complexity index is 899. The molecule has 1 aromatic carbocycles. The maximum atomic E-state index is 12.4. The fraction of sp³-hybridized carbons (Fsp3) is 0.316. The standard InChI is InChI=1S/C19H22ClN5O/c1-3-17-21-9-11-24(17)10-8-18(26)23-19-14(2)12-22-25(19)13-15-6-4-5-7-16(15)20/h4-7,9,11-12H,3,8,10,13H2,1-2H3,(H,23,26). The van der Waals surface area contributed by atoms with Gasteiger partial charge in [0.2, 0.25) is 5.91 Å². The van der Waals surface area contributed by atoms with Gasteiger partial charge >= 0.3 is 0 Å². The van der Waals surface area contributed by atoms with E-state index in [4.69, 9.17) is 11.6 Å². The fourth-order valence-corrected chi connectivity index (χ4v) is 3.02. The normalized spacial score (nSPS) is 10.9. The van der Waals surface area contributed by atoms with Crippen molar-refractivity contribution in [1.82, 2.24) is 19.3 Å². The number of halogens is 1. The minimum Gasteiger partial charge on any atom is -0.334 e. The molecule has 0 bridgehead atoms. The highest BCUT2D eigenvalue weighted by Gasteiger charge is 2.13. The first-order valence-corrected chi connectivity index (χ1v) is 9.02. The summed E-state index contributed by atoms with van der Waals surface area (Å²) >= 11 is 6.24. The second kappa shape index (κ2) is 8.19. The van der Waals surface area contributed by atoms with E-state index in [1.165, 1.54) is 0 Å². The Morgan fingerprint density at radius 1 is 1.31 bits per heavy atom. The van der Waals surface area contributed by atoms with Crippen LogP contribution in [0.5, 0.6) is 0 Å². The van der Waals surface area contributed by atoms with Crippen molar-refractivity contribution in [2.24, 2.45) is 0 Å². The van der Waals surface area contributed by atoms with E-state index < -0.39 is 0 Å². The van der Waals surface area contributed by atoms with Crippen LogP contribution in [0.2, 0.25) is 5.02 Å². The van der Waals surface area contributed by atoms with Crippen molar-refractivity contribution >= 4 is 23.3 Å². The summed E-state index contributed by atoms with van der Waals surface area (Å²) in [7, 11) is 0. The van der Waals surface area contributed by atoms with Crippen molar-refractivity contribution in [2.75, 3.05) is 5.32 Å². The summed E-state index contributed by atoms with van der Waals surface area (Å²) in [6.45, 7) is 5.09. The smallest absolute Gasteiger partial charge is 0.227 e. The van der Waals surface area contributed by atoms with Crippen LogP contribution >= 0.6 is 11.6 Å². The molecule has 0 saturated heterocycles. The van der Waals surface area contributed by atoms with E-state index in [1.54, 1.807) is 17.1 Å². The number of benzene rings is 1. The van der Waals surface area contributed by atoms with Crippen LogP contribution in [0.3, 0.4) is 0 Å². The van der Waals surface area contributed by atoms with Gasteiger partial charge in [-0.25, -0.2) is 9.67 Å². The van der Waals surface area contributed by atoms with Gasteiger partial charge in [-0.3, -0.25) is 4.79 Å². The van der Waals surface area contributed by atoms with Crippen LogP contribution in [0.4, 0.5) is 5.82 Å². The first kappa shape index (κ1) is 18.2. The molecule has 1 N–H and O–H groups in total. The first-order chi connectivity index (χ1) is 12.6. The lowest BCUT2D eigenvalue weighted by Crippen LogP contribution is -2.18. The van der Waals surface area contributed by atoms with Crippen LogP contribution in [0.1, 0.15) is 30.3 Å². The highest BCUT2D eigenvalue weighted by molar-refractivity contribution is 6.31. The van der Waals surface area contributed by atoms with E-state index in [0.29, 0.717) is 30.4 Å². The second-order valence-electron chi connectivity index (χ2n) is 6.11. The zero-order valence-electron chi connectivity index (χ0n) is 14.9. The molecular weight excluding hydrogens is 350 g/mol. The van der Waals surface area contributed by atoms with Crippen molar-refractivity contribution in [1.29, 1.82) is 0 Å². The Balaban J connectivity index is 1.67. The lowest BCUT2D eigenvalue weighted by Gasteiger charge is -2.12. The maximum Gasteiger partial charge on any atom is 0.227 e. The molecule has 2 aromatic heterocycles. The summed E-state index contributed by atoms with van der Waals surface area (Å²) < 4.78 is 3.77. The van der Waals surface area contributed by atoms with Gasteiger partial charge in [0.15, 0.2) is 0 Å². The number of carbonyl (C=O) groups is 1. The van der Waals surface area contributed by atoms with E-state index >= 15 is 0 Å². The van der Waals surface area contributed by atoms with Gasteiger partial charge in [-0.05, 0) is 18.6 Å². The summed E-state index contributed by atoms with van der Waals surface area (Å²) in [4.78, 5) is 16.7. The van der Waals surface area contributed by atoms with Gasteiger partial charge in [-0.15, -0.1) is 0 Å². The summed E-state index contributed by atoms with van der Waals surface area (Å²) in [5, 5.41) is 8.04. The van der Waals surface area contributed by atoms with Crippen LogP contribution in [-0.4, -0.2) is 25.2 Å². The molecule has 0 saturated carbocycles. The molecule has 7 heteroatoms. The number of amides is 1. The largest absolute Gasteiger partial charge is 0.334 e. The van der Waals surface area contributed by atoms with Gasteiger partial charge in [-0.2, -0.15) is 5.10 Å². The van der Waals surface area contributed by atoms with Crippen LogP contribution in [0, 0.1) is 6.92 Å². The predicted molar refractivity (Wildman–Crippen MR) is 102 cm³/mol. The van der Waals surface area contributed by atoms with E-state index in [2.05, 4.69) is 22.3 Å². The third-order valence-corrected chi connectivity index (χ3v) is 4.62. The quantitative estimate of drug-likeness (QED) is 0.689.